The standard InChI is InChI=1S/C27H40O3.C25H30N2/c1-3-5-7-8-9-10-11-12-14-16-25(28)24-18-21(15-13-6-4-2)17-22-19-26(29)27(30)20-23(22)24;1-6-18-10-12-22(15-20(18)8-3)24-14-17(5)25(27(24)26)23-13-11-19(7-2)21(9-4)16-23/h17-20,29-30H,3-16H2,1-2H3;10-16H,6-9H2,1-5H3. The first-order chi connectivity index (χ1) is 27.6. The summed E-state index contributed by atoms with van der Waals surface area (Å²) in [6.07, 6.45) is 22.2. The summed E-state index contributed by atoms with van der Waals surface area (Å²) in [5, 5.41) is 21.4. The van der Waals surface area contributed by atoms with Crippen LogP contribution < -0.4 is 0 Å². The monoisotopic (exact) mass is 771 g/mol. The lowest BCUT2D eigenvalue weighted by Crippen LogP contribution is -2.04. The molecule has 0 saturated carbocycles. The van der Waals surface area contributed by atoms with Gasteiger partial charge in [0, 0.05) is 34.8 Å². The van der Waals surface area contributed by atoms with Crippen LogP contribution in [0.25, 0.3) is 27.7 Å². The zero-order valence-corrected chi connectivity index (χ0v) is 36.3. The Hall–Kier alpha value is -4.51. The summed E-state index contributed by atoms with van der Waals surface area (Å²) in [4.78, 5) is 13.0. The fourth-order valence-corrected chi connectivity index (χ4v) is 8.22. The molecule has 0 saturated heterocycles. The normalized spacial score (nSPS) is 12.6. The van der Waals surface area contributed by atoms with Crippen molar-refractivity contribution in [3.63, 3.8) is 0 Å². The first kappa shape index (κ1) is 45.2. The summed E-state index contributed by atoms with van der Waals surface area (Å²) in [6.45, 7) is 15.3. The second-order valence-corrected chi connectivity index (χ2v) is 15.9. The van der Waals surface area contributed by atoms with Gasteiger partial charge in [-0.2, -0.15) is 0 Å². The van der Waals surface area contributed by atoms with Crippen molar-refractivity contribution in [3.8, 4) is 11.5 Å². The van der Waals surface area contributed by atoms with Gasteiger partial charge in [-0.05, 0) is 133 Å². The van der Waals surface area contributed by atoms with Crippen LogP contribution in [0.15, 0.2) is 72.3 Å². The Balaban J connectivity index is 0.000000254. The van der Waals surface area contributed by atoms with Gasteiger partial charge in [0.2, 0.25) is 11.4 Å². The number of nitrogens with zero attached hydrogens (tertiary/aromatic N) is 2. The number of phenols is 2. The first-order valence-electron chi connectivity index (χ1n) is 22.3. The summed E-state index contributed by atoms with van der Waals surface area (Å²) in [6, 6.07) is 20.3. The Labute approximate surface area is 344 Å². The fraction of sp³-hybridized carbons (Fsp3) is 0.481. The van der Waals surface area contributed by atoms with Crippen molar-refractivity contribution >= 4 is 27.9 Å². The van der Waals surface area contributed by atoms with E-state index in [2.05, 4.69) is 90.9 Å². The molecule has 5 heteroatoms. The van der Waals surface area contributed by atoms with E-state index in [4.69, 9.17) is 0 Å². The molecule has 1 heterocycles. The largest absolute Gasteiger partial charge is 0.504 e. The third-order valence-electron chi connectivity index (χ3n) is 11.7. The summed E-state index contributed by atoms with van der Waals surface area (Å²) in [5.41, 5.74) is 23.3. The van der Waals surface area contributed by atoms with E-state index in [1.165, 1.54) is 84.4 Å². The molecule has 4 aromatic rings. The molecule has 1 aliphatic rings. The zero-order chi connectivity index (χ0) is 41.3. The summed E-state index contributed by atoms with van der Waals surface area (Å²) in [7, 11) is 0. The predicted octanol–water partition coefficient (Wildman–Crippen LogP) is 14.8. The van der Waals surface area contributed by atoms with E-state index in [1.54, 1.807) is 6.07 Å². The van der Waals surface area contributed by atoms with E-state index in [9.17, 15) is 20.5 Å². The molecule has 4 aromatic carbocycles. The lowest BCUT2D eigenvalue weighted by molar-refractivity contribution is -0.344. The maximum atomic E-state index is 13.0. The van der Waals surface area contributed by atoms with E-state index in [0.717, 1.165) is 102 Å². The van der Waals surface area contributed by atoms with E-state index in [1.807, 2.05) is 12.1 Å². The number of hydrogen-bond donors (Lipinski definition) is 2. The van der Waals surface area contributed by atoms with Gasteiger partial charge < -0.3 is 15.7 Å². The van der Waals surface area contributed by atoms with Crippen molar-refractivity contribution < 1.29 is 19.7 Å². The van der Waals surface area contributed by atoms with Gasteiger partial charge in [0.15, 0.2) is 17.3 Å². The SMILES string of the molecule is CCCCCCCCCCCC(=O)c1cc(CCCCC)cc2cc(O)c(O)cc12.CCc1ccc(C2=CC(C)=C(c3ccc(CC)c(CC)c3)[N+]2=[N-])cc1CC. The Morgan fingerprint density at radius 3 is 1.72 bits per heavy atom. The van der Waals surface area contributed by atoms with E-state index in [0.29, 0.717) is 12.0 Å². The maximum Gasteiger partial charge on any atom is 0.210 e. The molecule has 1 aliphatic heterocycles. The Bertz CT molecular complexity index is 2040. The molecule has 5 nitrogen and oxygen atoms in total. The van der Waals surface area contributed by atoms with Crippen LogP contribution in [0.5, 0.6) is 11.5 Å². The number of fused-ring (bicyclic) bond motifs is 1. The highest BCUT2D eigenvalue weighted by Crippen LogP contribution is 2.37. The van der Waals surface area contributed by atoms with Crippen LogP contribution in [-0.2, 0) is 32.1 Å². The number of carbonyl (C=O) groups excluding carboxylic acids is 1. The molecule has 5 rings (SSSR count). The molecule has 0 fully saturated rings. The molecule has 0 unspecified atom stereocenters. The van der Waals surface area contributed by atoms with Crippen molar-refractivity contribution in [1.29, 1.82) is 0 Å². The highest BCUT2D eigenvalue weighted by Gasteiger charge is 2.27. The van der Waals surface area contributed by atoms with Gasteiger partial charge in [0.05, 0.1) is 0 Å². The quantitative estimate of drug-likeness (QED) is 0.0383. The van der Waals surface area contributed by atoms with Crippen molar-refractivity contribution in [1.82, 2.24) is 0 Å². The summed E-state index contributed by atoms with van der Waals surface area (Å²) >= 11 is 0. The molecule has 306 valence electrons. The van der Waals surface area contributed by atoms with Crippen molar-refractivity contribution in [2.24, 2.45) is 0 Å². The Kier molecular flexibility index (Phi) is 18.3. The topological polar surface area (TPSA) is 82.8 Å². The number of rotatable bonds is 21. The van der Waals surface area contributed by atoms with Crippen LogP contribution in [0.2, 0.25) is 0 Å². The minimum absolute atomic E-state index is 0.134. The molecule has 2 N–H and O–H groups in total. The van der Waals surface area contributed by atoms with Crippen molar-refractivity contribution in [3.05, 3.63) is 122 Å². The lowest BCUT2D eigenvalue weighted by Gasteiger charge is -2.13. The molecule has 0 bridgehead atoms. The van der Waals surface area contributed by atoms with E-state index < -0.39 is 0 Å². The van der Waals surface area contributed by atoms with Crippen LogP contribution in [0, 0.1) is 0 Å². The number of hydrogen-bond acceptors (Lipinski definition) is 3. The third-order valence-corrected chi connectivity index (χ3v) is 11.7. The Morgan fingerprint density at radius 2 is 1.12 bits per heavy atom. The zero-order valence-electron chi connectivity index (χ0n) is 36.3. The molecule has 0 amide bonds. The summed E-state index contributed by atoms with van der Waals surface area (Å²) < 4.78 is 1.37. The van der Waals surface area contributed by atoms with Gasteiger partial charge in [-0.15, -0.1) is 0 Å². The number of carbonyl (C=O) groups is 1. The minimum atomic E-state index is -0.168. The van der Waals surface area contributed by atoms with Gasteiger partial charge in [-0.25, -0.2) is 4.70 Å². The predicted molar refractivity (Wildman–Crippen MR) is 241 cm³/mol. The molecule has 0 aromatic heterocycles. The van der Waals surface area contributed by atoms with Crippen LogP contribution in [0.4, 0.5) is 0 Å². The number of allylic oxidation sites excluding steroid dienone is 2. The lowest BCUT2D eigenvalue weighted by atomic mass is 9.93. The maximum absolute atomic E-state index is 13.0. The van der Waals surface area contributed by atoms with Crippen LogP contribution >= 0.6 is 0 Å². The average Bonchev–Trinajstić information content (AvgIpc) is 3.52. The smallest absolute Gasteiger partial charge is 0.210 e. The van der Waals surface area contributed by atoms with Crippen LogP contribution in [0.1, 0.15) is 181 Å². The van der Waals surface area contributed by atoms with Crippen LogP contribution in [-0.4, -0.2) is 20.7 Å². The number of unbranched alkanes of at least 4 members (excludes halogenated alkanes) is 10. The number of aryl methyl sites for hydroxylation is 5. The molecular weight excluding hydrogens is 701 g/mol. The number of Topliss-reactive ketones (excluding diaryl/α,β-unsaturated/α-hetero) is 1. The second-order valence-electron chi connectivity index (χ2n) is 15.9. The summed E-state index contributed by atoms with van der Waals surface area (Å²) in [5.74, 6) is -0.158. The van der Waals surface area contributed by atoms with Gasteiger partial charge in [-0.1, -0.05) is 124 Å². The van der Waals surface area contributed by atoms with Gasteiger partial charge in [0.25, 0.3) is 0 Å². The molecule has 0 atom stereocenters. The van der Waals surface area contributed by atoms with E-state index >= 15 is 0 Å². The van der Waals surface area contributed by atoms with E-state index in [-0.39, 0.29) is 17.3 Å². The van der Waals surface area contributed by atoms with Gasteiger partial charge in [0.1, 0.15) is 0 Å². The Morgan fingerprint density at radius 1 is 0.596 bits per heavy atom. The number of ketones is 1. The van der Waals surface area contributed by atoms with Crippen LogP contribution in [0.3, 0.4) is 0 Å². The first-order valence-corrected chi connectivity index (χ1v) is 22.3. The molecule has 57 heavy (non-hydrogen) atoms. The molecule has 0 radical (unpaired) electrons. The van der Waals surface area contributed by atoms with Crippen molar-refractivity contribution in [2.75, 3.05) is 0 Å². The highest BCUT2D eigenvalue weighted by atomic mass is 16.3. The highest BCUT2D eigenvalue weighted by molar-refractivity contribution is 6.09. The average molecular weight is 771 g/mol. The van der Waals surface area contributed by atoms with Gasteiger partial charge in [-0.3, -0.25) is 4.79 Å². The van der Waals surface area contributed by atoms with Gasteiger partial charge >= 0.3 is 0 Å². The molecule has 0 aliphatic carbocycles. The number of benzene rings is 4. The number of aromatic hydroxyl groups is 2. The molecular formula is C52H70N2O3. The minimum Gasteiger partial charge on any atom is -0.504 e. The third kappa shape index (κ3) is 12.2. The second kappa shape index (κ2) is 23.0. The fourth-order valence-electron chi connectivity index (χ4n) is 8.22. The van der Waals surface area contributed by atoms with Crippen molar-refractivity contribution in [2.45, 2.75) is 164 Å². The number of phenolic OH excluding ortho intramolecular Hbond substituents is 2. The molecule has 0 spiro atoms.